The van der Waals surface area contributed by atoms with Gasteiger partial charge in [0.1, 0.15) is 12.1 Å². The summed E-state index contributed by atoms with van der Waals surface area (Å²) >= 11 is 0. The summed E-state index contributed by atoms with van der Waals surface area (Å²) in [7, 11) is 0. The summed E-state index contributed by atoms with van der Waals surface area (Å²) in [4.78, 5) is 38.9. The second-order valence-corrected chi connectivity index (χ2v) is 8.07. The normalized spacial score (nSPS) is 21.9. The molecule has 0 bridgehead atoms. The fourth-order valence-corrected chi connectivity index (χ4v) is 4.04. The van der Waals surface area contributed by atoms with Gasteiger partial charge in [-0.3, -0.25) is 14.5 Å². The topological polar surface area (TPSA) is 78.5 Å². The molecule has 6 nitrogen and oxygen atoms in total. The monoisotopic (exact) mass is 355 g/mol. The molecule has 0 unspecified atom stereocenters. The first-order valence-electron chi connectivity index (χ1n) is 9.45. The fourth-order valence-electron chi connectivity index (χ4n) is 4.04. The van der Waals surface area contributed by atoms with Gasteiger partial charge in [0.2, 0.25) is 5.91 Å². The van der Waals surface area contributed by atoms with Gasteiger partial charge in [-0.2, -0.15) is 0 Å². The van der Waals surface area contributed by atoms with Crippen molar-refractivity contribution in [2.75, 3.05) is 11.9 Å². The van der Waals surface area contributed by atoms with Crippen molar-refractivity contribution in [2.45, 2.75) is 51.0 Å². The van der Waals surface area contributed by atoms with Crippen molar-refractivity contribution >= 4 is 23.5 Å². The van der Waals surface area contributed by atoms with Gasteiger partial charge >= 0.3 is 6.03 Å². The Labute approximate surface area is 153 Å². The minimum atomic E-state index is -0.741. The molecule has 0 spiro atoms. The van der Waals surface area contributed by atoms with Crippen LogP contribution in [0.25, 0.3) is 0 Å². The average Bonchev–Trinajstić information content (AvgIpc) is 3.49. The lowest BCUT2D eigenvalue weighted by Gasteiger charge is -2.26. The molecular weight excluding hydrogens is 330 g/mol. The van der Waals surface area contributed by atoms with Crippen LogP contribution in [0.2, 0.25) is 0 Å². The molecule has 3 aliphatic rings. The Hall–Kier alpha value is -2.37. The summed E-state index contributed by atoms with van der Waals surface area (Å²) in [6.07, 6.45) is 3.91. The minimum absolute atomic E-state index is 0.210. The van der Waals surface area contributed by atoms with Gasteiger partial charge < -0.3 is 10.6 Å². The van der Waals surface area contributed by atoms with Crippen LogP contribution in [-0.2, 0) is 9.59 Å². The van der Waals surface area contributed by atoms with Gasteiger partial charge in [-0.1, -0.05) is 26.0 Å². The van der Waals surface area contributed by atoms with Gasteiger partial charge in [-0.15, -0.1) is 0 Å². The van der Waals surface area contributed by atoms with Crippen molar-refractivity contribution < 1.29 is 14.4 Å². The molecule has 1 heterocycles. The minimum Gasteiger partial charge on any atom is -0.325 e. The number of carbonyl (C=O) groups excluding carboxylic acids is 3. The van der Waals surface area contributed by atoms with E-state index >= 15 is 0 Å². The molecule has 26 heavy (non-hydrogen) atoms. The van der Waals surface area contributed by atoms with E-state index in [1.54, 1.807) is 0 Å². The van der Waals surface area contributed by atoms with Crippen molar-refractivity contribution in [2.24, 2.45) is 11.8 Å². The van der Waals surface area contributed by atoms with E-state index in [1.807, 2.05) is 24.3 Å². The molecule has 0 radical (unpaired) electrons. The Morgan fingerprint density at radius 2 is 1.88 bits per heavy atom. The number of urea groups is 1. The molecule has 0 aromatic heterocycles. The first-order chi connectivity index (χ1) is 12.4. The lowest BCUT2D eigenvalue weighted by Crippen LogP contribution is -2.51. The predicted octanol–water partition coefficient (Wildman–Crippen LogP) is 2.86. The Bertz CT molecular complexity index is 753. The van der Waals surface area contributed by atoms with Crippen molar-refractivity contribution in [3.05, 3.63) is 29.8 Å². The fraction of sp³-hybridized carbons (Fsp3) is 0.550. The predicted molar refractivity (Wildman–Crippen MR) is 97.6 cm³/mol. The van der Waals surface area contributed by atoms with E-state index in [4.69, 9.17) is 0 Å². The number of hydrogen-bond acceptors (Lipinski definition) is 3. The molecule has 4 amide bonds. The summed E-state index contributed by atoms with van der Waals surface area (Å²) in [5.74, 6) is 0.273. The maximum Gasteiger partial charge on any atom is 0.325 e. The number of nitrogens with zero attached hydrogens (tertiary/aromatic N) is 1. The molecule has 138 valence electrons. The SMILES string of the molecule is CC(C)c1cccc(NC(=O)CN2C(=O)NC(C3CC3)(C3CC3)C2=O)c1. The van der Waals surface area contributed by atoms with Gasteiger partial charge in [0.15, 0.2) is 0 Å². The van der Waals surface area contributed by atoms with Crippen LogP contribution in [0.15, 0.2) is 24.3 Å². The van der Waals surface area contributed by atoms with Gasteiger partial charge in [0, 0.05) is 5.69 Å². The summed E-state index contributed by atoms with van der Waals surface area (Å²) in [5, 5.41) is 5.75. The zero-order valence-electron chi connectivity index (χ0n) is 15.2. The molecule has 2 aliphatic carbocycles. The second-order valence-electron chi connectivity index (χ2n) is 8.07. The third-order valence-corrected chi connectivity index (χ3v) is 5.74. The lowest BCUT2D eigenvalue weighted by atomic mass is 9.87. The number of benzene rings is 1. The van der Waals surface area contributed by atoms with Crippen LogP contribution >= 0.6 is 0 Å². The Morgan fingerprint density at radius 1 is 1.23 bits per heavy atom. The third kappa shape index (κ3) is 2.87. The van der Waals surface area contributed by atoms with Crippen LogP contribution in [0.3, 0.4) is 0 Å². The van der Waals surface area contributed by atoms with E-state index in [0.717, 1.165) is 36.1 Å². The Balaban J connectivity index is 1.45. The molecule has 2 saturated carbocycles. The highest BCUT2D eigenvalue weighted by Crippen LogP contribution is 2.54. The van der Waals surface area contributed by atoms with Gasteiger partial charge in [0.25, 0.3) is 5.91 Å². The van der Waals surface area contributed by atoms with Crippen LogP contribution in [0, 0.1) is 11.8 Å². The van der Waals surface area contributed by atoms with E-state index in [2.05, 4.69) is 24.5 Å². The maximum absolute atomic E-state index is 13.0. The van der Waals surface area contributed by atoms with Gasteiger partial charge in [-0.05, 0) is 61.1 Å². The summed E-state index contributed by atoms with van der Waals surface area (Å²) in [6.45, 7) is 3.94. The highest BCUT2D eigenvalue weighted by molar-refractivity contribution is 6.10. The van der Waals surface area contributed by atoms with Crippen LogP contribution in [0.4, 0.5) is 10.5 Å². The molecule has 3 fully saturated rings. The number of nitrogens with one attached hydrogen (secondary N) is 2. The van der Waals surface area contributed by atoms with E-state index in [-0.39, 0.29) is 30.2 Å². The van der Waals surface area contributed by atoms with Crippen molar-refractivity contribution in [1.82, 2.24) is 10.2 Å². The van der Waals surface area contributed by atoms with Crippen LogP contribution in [-0.4, -0.2) is 34.8 Å². The first kappa shape index (κ1) is 17.1. The second kappa shape index (κ2) is 6.11. The Kier molecular flexibility index (Phi) is 4.01. The number of imide groups is 1. The zero-order chi connectivity index (χ0) is 18.5. The first-order valence-corrected chi connectivity index (χ1v) is 9.45. The van der Waals surface area contributed by atoms with Gasteiger partial charge in [0.05, 0.1) is 0 Å². The van der Waals surface area contributed by atoms with E-state index in [0.29, 0.717) is 11.6 Å². The number of hydrogen-bond donors (Lipinski definition) is 2. The molecule has 2 N–H and O–H groups in total. The molecule has 0 atom stereocenters. The summed E-state index contributed by atoms with van der Waals surface area (Å²) in [5.41, 5.74) is 1.07. The van der Waals surface area contributed by atoms with Crippen LogP contribution in [0.5, 0.6) is 0 Å². The Morgan fingerprint density at radius 3 is 2.46 bits per heavy atom. The maximum atomic E-state index is 13.0. The van der Waals surface area contributed by atoms with Crippen molar-refractivity contribution in [3.63, 3.8) is 0 Å². The molecule has 6 heteroatoms. The molecule has 1 aromatic rings. The summed E-state index contributed by atoms with van der Waals surface area (Å²) < 4.78 is 0. The highest BCUT2D eigenvalue weighted by Gasteiger charge is 2.65. The van der Waals surface area contributed by atoms with Crippen LogP contribution < -0.4 is 10.6 Å². The molecular formula is C20H25N3O3. The quantitative estimate of drug-likeness (QED) is 0.770. The molecule has 1 saturated heterocycles. The van der Waals surface area contributed by atoms with Crippen molar-refractivity contribution in [3.8, 4) is 0 Å². The largest absolute Gasteiger partial charge is 0.325 e. The lowest BCUT2D eigenvalue weighted by molar-refractivity contribution is -0.135. The van der Waals surface area contributed by atoms with E-state index < -0.39 is 11.6 Å². The number of amides is 4. The molecule has 1 aromatic carbocycles. The van der Waals surface area contributed by atoms with Crippen LogP contribution in [0.1, 0.15) is 51.0 Å². The van der Waals surface area contributed by atoms with E-state index in [1.165, 1.54) is 0 Å². The number of carbonyl (C=O) groups is 3. The molecule has 1 aliphatic heterocycles. The third-order valence-electron chi connectivity index (χ3n) is 5.74. The highest BCUT2D eigenvalue weighted by atomic mass is 16.2. The standard InChI is InChI=1S/C20H25N3O3/c1-12(2)13-4-3-5-16(10-13)21-17(24)11-23-18(25)20(14-6-7-14,15-8-9-15)22-19(23)26/h3-5,10,12,14-15H,6-9,11H2,1-2H3,(H,21,24)(H,22,26). The number of anilines is 1. The summed E-state index contributed by atoms with van der Waals surface area (Å²) in [6, 6.07) is 7.21. The smallest absolute Gasteiger partial charge is 0.325 e. The van der Waals surface area contributed by atoms with E-state index in [9.17, 15) is 14.4 Å². The van der Waals surface area contributed by atoms with Crippen molar-refractivity contribution in [1.29, 1.82) is 0 Å². The number of rotatable bonds is 6. The average molecular weight is 355 g/mol. The van der Waals surface area contributed by atoms with Gasteiger partial charge in [-0.25, -0.2) is 4.79 Å². The molecule has 4 rings (SSSR count). The zero-order valence-corrected chi connectivity index (χ0v) is 15.2.